The van der Waals surface area contributed by atoms with Gasteiger partial charge in [-0.25, -0.2) is 4.39 Å². The standard InChI is InChI=1S/C23H25FN2O2/c1-15(27)16-6-9-22(24)21(13-16)17-4-3-5-18(12-17)23(28)26-19-7-8-20(26)14-25(2)11-10-19/h3-6,9,12-13,19-20H,7-8,10-11,14H2,1-2H3/t19-,20+/m1/s1. The van der Waals surface area contributed by atoms with Crippen molar-refractivity contribution in [3.05, 3.63) is 59.4 Å². The van der Waals surface area contributed by atoms with Gasteiger partial charge in [0.05, 0.1) is 0 Å². The Morgan fingerprint density at radius 3 is 2.57 bits per heavy atom. The predicted molar refractivity (Wildman–Crippen MR) is 107 cm³/mol. The Morgan fingerprint density at radius 1 is 1.00 bits per heavy atom. The fourth-order valence-electron chi connectivity index (χ4n) is 4.51. The minimum atomic E-state index is -0.397. The number of hydrogen-bond acceptors (Lipinski definition) is 3. The van der Waals surface area contributed by atoms with Crippen molar-refractivity contribution in [2.45, 2.75) is 38.3 Å². The molecule has 2 aromatic carbocycles. The highest BCUT2D eigenvalue weighted by Crippen LogP contribution is 2.32. The second kappa shape index (κ2) is 7.47. The minimum Gasteiger partial charge on any atom is -0.331 e. The largest absolute Gasteiger partial charge is 0.331 e. The van der Waals surface area contributed by atoms with Crippen molar-refractivity contribution in [2.75, 3.05) is 20.1 Å². The van der Waals surface area contributed by atoms with E-state index in [4.69, 9.17) is 0 Å². The first-order valence-corrected chi connectivity index (χ1v) is 9.86. The third-order valence-corrected chi connectivity index (χ3v) is 6.01. The number of hydrogen-bond donors (Lipinski definition) is 0. The van der Waals surface area contributed by atoms with Crippen LogP contribution >= 0.6 is 0 Å². The fourth-order valence-corrected chi connectivity index (χ4v) is 4.51. The number of ketones is 1. The average molecular weight is 380 g/mol. The van der Waals surface area contributed by atoms with Crippen molar-refractivity contribution >= 4 is 11.7 Å². The molecule has 2 aliphatic heterocycles. The summed E-state index contributed by atoms with van der Waals surface area (Å²) in [6.07, 6.45) is 3.09. The first-order chi connectivity index (χ1) is 13.4. The molecule has 5 heteroatoms. The molecule has 2 atom stereocenters. The number of Topliss-reactive ketones (excluding diaryl/α,β-unsaturated/α-hetero) is 1. The normalized spacial score (nSPS) is 22.2. The summed E-state index contributed by atoms with van der Waals surface area (Å²) in [5.41, 5.74) is 2.00. The number of amides is 1. The number of carbonyl (C=O) groups is 2. The molecule has 0 aromatic heterocycles. The third-order valence-electron chi connectivity index (χ3n) is 6.01. The molecule has 146 valence electrons. The van der Waals surface area contributed by atoms with E-state index in [9.17, 15) is 14.0 Å². The second-order valence-corrected chi connectivity index (χ2v) is 7.98. The first kappa shape index (κ1) is 18.8. The van der Waals surface area contributed by atoms with E-state index in [1.807, 2.05) is 4.90 Å². The van der Waals surface area contributed by atoms with E-state index in [1.165, 1.54) is 19.1 Å². The summed E-state index contributed by atoms with van der Waals surface area (Å²) in [7, 11) is 2.11. The Labute approximate surface area is 164 Å². The van der Waals surface area contributed by atoms with Crippen LogP contribution in [0.3, 0.4) is 0 Å². The molecule has 4 rings (SSSR count). The van der Waals surface area contributed by atoms with E-state index in [0.717, 1.165) is 32.4 Å². The van der Waals surface area contributed by atoms with Crippen LogP contribution in [-0.2, 0) is 0 Å². The minimum absolute atomic E-state index is 0.0211. The topological polar surface area (TPSA) is 40.6 Å². The fraction of sp³-hybridized carbons (Fsp3) is 0.391. The number of nitrogens with zero attached hydrogens (tertiary/aromatic N) is 2. The van der Waals surface area contributed by atoms with Gasteiger partial charge in [-0.15, -0.1) is 0 Å². The number of halogens is 1. The zero-order valence-corrected chi connectivity index (χ0v) is 16.3. The highest BCUT2D eigenvalue weighted by molar-refractivity contribution is 5.97. The molecule has 4 nitrogen and oxygen atoms in total. The molecule has 0 N–H and O–H groups in total. The molecule has 2 aliphatic rings. The van der Waals surface area contributed by atoms with Gasteiger partial charge in [-0.05, 0) is 75.7 Å². The predicted octanol–water partition coefficient (Wildman–Crippen LogP) is 4.00. The van der Waals surface area contributed by atoms with Crippen molar-refractivity contribution in [1.29, 1.82) is 0 Å². The summed E-state index contributed by atoms with van der Waals surface area (Å²) in [6, 6.07) is 12.0. The van der Waals surface area contributed by atoms with Gasteiger partial charge in [0, 0.05) is 35.3 Å². The van der Waals surface area contributed by atoms with Crippen molar-refractivity contribution in [1.82, 2.24) is 9.80 Å². The summed E-state index contributed by atoms with van der Waals surface area (Å²) >= 11 is 0. The van der Waals surface area contributed by atoms with Crippen molar-refractivity contribution < 1.29 is 14.0 Å². The smallest absolute Gasteiger partial charge is 0.254 e. The molecular weight excluding hydrogens is 355 g/mol. The molecule has 2 heterocycles. The third kappa shape index (κ3) is 3.47. The van der Waals surface area contributed by atoms with Crippen molar-refractivity contribution in [3.8, 4) is 11.1 Å². The van der Waals surface area contributed by atoms with E-state index in [-0.39, 0.29) is 23.8 Å². The lowest BCUT2D eigenvalue weighted by molar-refractivity contribution is 0.0673. The average Bonchev–Trinajstić information content (AvgIpc) is 2.99. The highest BCUT2D eigenvalue weighted by Gasteiger charge is 2.39. The van der Waals surface area contributed by atoms with E-state index in [2.05, 4.69) is 11.9 Å². The summed E-state index contributed by atoms with van der Waals surface area (Å²) < 4.78 is 14.4. The van der Waals surface area contributed by atoms with Crippen LogP contribution in [0.25, 0.3) is 11.1 Å². The van der Waals surface area contributed by atoms with Gasteiger partial charge in [0.1, 0.15) is 5.82 Å². The molecule has 28 heavy (non-hydrogen) atoms. The van der Waals surface area contributed by atoms with Crippen LogP contribution < -0.4 is 0 Å². The Hall–Kier alpha value is -2.53. The van der Waals surface area contributed by atoms with Gasteiger partial charge >= 0.3 is 0 Å². The van der Waals surface area contributed by atoms with E-state index >= 15 is 0 Å². The zero-order valence-electron chi connectivity index (χ0n) is 16.3. The van der Waals surface area contributed by atoms with Crippen LogP contribution in [0.1, 0.15) is 46.9 Å². The lowest BCUT2D eigenvalue weighted by Crippen LogP contribution is -2.42. The van der Waals surface area contributed by atoms with Crippen LogP contribution in [0, 0.1) is 5.82 Å². The van der Waals surface area contributed by atoms with Crippen molar-refractivity contribution in [2.24, 2.45) is 0 Å². The molecule has 2 fully saturated rings. The molecule has 1 amide bonds. The van der Waals surface area contributed by atoms with Gasteiger partial charge in [0.25, 0.3) is 5.91 Å². The van der Waals surface area contributed by atoms with Gasteiger partial charge < -0.3 is 9.80 Å². The molecule has 0 spiro atoms. The van der Waals surface area contributed by atoms with Gasteiger partial charge in [-0.2, -0.15) is 0 Å². The van der Waals surface area contributed by atoms with Crippen LogP contribution in [0.15, 0.2) is 42.5 Å². The number of rotatable bonds is 3. The maximum absolute atomic E-state index is 14.4. The molecule has 0 saturated carbocycles. The van der Waals surface area contributed by atoms with E-state index < -0.39 is 5.82 Å². The summed E-state index contributed by atoms with van der Waals surface area (Å²) in [6.45, 7) is 3.37. The first-order valence-electron chi connectivity index (χ1n) is 9.86. The van der Waals surface area contributed by atoms with Gasteiger partial charge in [0.15, 0.2) is 5.78 Å². The number of likely N-dealkylation sites (tertiary alicyclic amines) is 1. The summed E-state index contributed by atoms with van der Waals surface area (Å²) in [5, 5.41) is 0. The molecule has 2 bridgehead atoms. The lowest BCUT2D eigenvalue weighted by atomic mass is 9.98. The molecule has 0 aliphatic carbocycles. The Morgan fingerprint density at radius 2 is 1.79 bits per heavy atom. The summed E-state index contributed by atoms with van der Waals surface area (Å²) in [5.74, 6) is -0.488. The van der Waals surface area contributed by atoms with Gasteiger partial charge in [-0.1, -0.05) is 12.1 Å². The van der Waals surface area contributed by atoms with Gasteiger partial charge in [-0.3, -0.25) is 9.59 Å². The molecular formula is C23H25FN2O2. The second-order valence-electron chi connectivity index (χ2n) is 7.98. The number of fused-ring (bicyclic) bond motifs is 2. The molecule has 0 unspecified atom stereocenters. The Balaban J connectivity index is 1.67. The lowest BCUT2D eigenvalue weighted by Gasteiger charge is -2.28. The maximum Gasteiger partial charge on any atom is 0.254 e. The highest BCUT2D eigenvalue weighted by atomic mass is 19.1. The Kier molecular flexibility index (Phi) is 5.02. The number of benzene rings is 2. The Bertz CT molecular complexity index is 927. The van der Waals surface area contributed by atoms with E-state index in [0.29, 0.717) is 22.3 Å². The van der Waals surface area contributed by atoms with Crippen LogP contribution in [0.5, 0.6) is 0 Å². The molecule has 2 saturated heterocycles. The van der Waals surface area contributed by atoms with Crippen LogP contribution in [0.2, 0.25) is 0 Å². The quantitative estimate of drug-likeness (QED) is 0.756. The number of carbonyl (C=O) groups excluding carboxylic acids is 2. The molecule has 2 aromatic rings. The maximum atomic E-state index is 14.4. The number of likely N-dealkylation sites (N-methyl/N-ethyl adjacent to an activating group) is 1. The van der Waals surface area contributed by atoms with Crippen LogP contribution in [0.4, 0.5) is 4.39 Å². The molecule has 0 radical (unpaired) electrons. The zero-order chi connectivity index (χ0) is 19.8. The van der Waals surface area contributed by atoms with Crippen LogP contribution in [-0.4, -0.2) is 53.7 Å². The monoisotopic (exact) mass is 380 g/mol. The van der Waals surface area contributed by atoms with Crippen molar-refractivity contribution in [3.63, 3.8) is 0 Å². The van der Waals surface area contributed by atoms with Gasteiger partial charge in [0.2, 0.25) is 0 Å². The SMILES string of the molecule is CC(=O)c1ccc(F)c(-c2cccc(C(=O)N3[C@@H]4CC[C@H]3CN(C)CC4)c2)c1. The van der Waals surface area contributed by atoms with E-state index in [1.54, 1.807) is 30.3 Å². The summed E-state index contributed by atoms with van der Waals surface area (Å²) in [4.78, 5) is 29.3.